The predicted octanol–water partition coefficient (Wildman–Crippen LogP) is 1.02. The van der Waals surface area contributed by atoms with E-state index in [1.165, 1.54) is 24.2 Å². The van der Waals surface area contributed by atoms with Gasteiger partial charge in [0.2, 0.25) is 0 Å². The van der Waals surface area contributed by atoms with Crippen molar-refractivity contribution in [2.45, 2.75) is 19.4 Å². The molecule has 1 fully saturated rings. The van der Waals surface area contributed by atoms with E-state index in [-0.39, 0.29) is 5.91 Å². The normalized spacial score (nSPS) is 17.6. The Labute approximate surface area is 118 Å². The van der Waals surface area contributed by atoms with E-state index < -0.39 is 0 Å². The molecule has 1 aliphatic heterocycles. The number of nitrogens with two attached hydrogens (primary N) is 1. The largest absolute Gasteiger partial charge is 0.340 e. The smallest absolute Gasteiger partial charge is 0.273 e. The standard InChI is InChI=1S/C13H22N4OS/c1-16-5-3-10(4-6-16)8-17(2)13(18)11-9-19-12(7-14)15-11/h9-10H,3-8,14H2,1-2H3. The van der Waals surface area contributed by atoms with Crippen LogP contribution in [-0.2, 0) is 6.54 Å². The minimum absolute atomic E-state index is 0.00915. The van der Waals surface area contributed by atoms with E-state index in [0.717, 1.165) is 24.6 Å². The van der Waals surface area contributed by atoms with Gasteiger partial charge in [-0.3, -0.25) is 4.79 Å². The molecule has 0 unspecified atom stereocenters. The Morgan fingerprint density at radius 3 is 2.84 bits per heavy atom. The van der Waals surface area contributed by atoms with E-state index in [1.807, 2.05) is 7.05 Å². The maximum atomic E-state index is 12.2. The minimum Gasteiger partial charge on any atom is -0.340 e. The molecule has 2 rings (SSSR count). The van der Waals surface area contributed by atoms with E-state index >= 15 is 0 Å². The first-order valence-corrected chi connectivity index (χ1v) is 7.56. The molecule has 5 nitrogen and oxygen atoms in total. The third kappa shape index (κ3) is 3.75. The average Bonchev–Trinajstić information content (AvgIpc) is 2.89. The number of carbonyl (C=O) groups is 1. The van der Waals surface area contributed by atoms with Gasteiger partial charge in [0.1, 0.15) is 10.7 Å². The van der Waals surface area contributed by atoms with Crippen molar-refractivity contribution in [1.29, 1.82) is 0 Å². The Balaban J connectivity index is 1.88. The number of hydrogen-bond acceptors (Lipinski definition) is 5. The first-order valence-electron chi connectivity index (χ1n) is 6.68. The van der Waals surface area contributed by atoms with Crippen LogP contribution in [0.15, 0.2) is 5.38 Å². The summed E-state index contributed by atoms with van der Waals surface area (Å²) < 4.78 is 0. The number of thiazole rings is 1. The van der Waals surface area contributed by atoms with Crippen molar-refractivity contribution in [3.05, 3.63) is 16.1 Å². The zero-order chi connectivity index (χ0) is 13.8. The Kier molecular flexibility index (Phi) is 4.90. The van der Waals surface area contributed by atoms with E-state index in [9.17, 15) is 4.79 Å². The highest BCUT2D eigenvalue weighted by Crippen LogP contribution is 2.18. The van der Waals surface area contributed by atoms with E-state index in [4.69, 9.17) is 5.73 Å². The molecule has 0 radical (unpaired) electrons. The molecular weight excluding hydrogens is 260 g/mol. The van der Waals surface area contributed by atoms with Gasteiger partial charge in [0, 0.05) is 25.5 Å². The molecule has 19 heavy (non-hydrogen) atoms. The summed E-state index contributed by atoms with van der Waals surface area (Å²) in [4.78, 5) is 20.6. The molecule has 1 amide bonds. The maximum Gasteiger partial charge on any atom is 0.273 e. The highest BCUT2D eigenvalue weighted by Gasteiger charge is 2.22. The zero-order valence-electron chi connectivity index (χ0n) is 11.6. The maximum absolute atomic E-state index is 12.2. The zero-order valence-corrected chi connectivity index (χ0v) is 12.4. The Morgan fingerprint density at radius 2 is 2.26 bits per heavy atom. The summed E-state index contributed by atoms with van der Waals surface area (Å²) in [5, 5.41) is 2.62. The number of likely N-dealkylation sites (tertiary alicyclic amines) is 1. The van der Waals surface area contributed by atoms with Gasteiger partial charge in [-0.2, -0.15) is 0 Å². The van der Waals surface area contributed by atoms with Gasteiger partial charge in [0.05, 0.1) is 0 Å². The van der Waals surface area contributed by atoms with Crippen LogP contribution in [0.1, 0.15) is 28.3 Å². The van der Waals surface area contributed by atoms with Crippen LogP contribution in [0.3, 0.4) is 0 Å². The van der Waals surface area contributed by atoms with Crippen molar-refractivity contribution >= 4 is 17.2 Å². The lowest BCUT2D eigenvalue weighted by Crippen LogP contribution is -2.38. The van der Waals surface area contributed by atoms with E-state index in [0.29, 0.717) is 18.2 Å². The molecule has 0 aliphatic carbocycles. The van der Waals surface area contributed by atoms with Crippen molar-refractivity contribution in [3.63, 3.8) is 0 Å². The molecule has 0 atom stereocenters. The second-order valence-electron chi connectivity index (χ2n) is 5.26. The van der Waals surface area contributed by atoms with Crippen LogP contribution in [0.2, 0.25) is 0 Å². The van der Waals surface area contributed by atoms with Gasteiger partial charge in [0.15, 0.2) is 0 Å². The fourth-order valence-electron chi connectivity index (χ4n) is 2.41. The molecule has 2 N–H and O–H groups in total. The number of hydrogen-bond donors (Lipinski definition) is 1. The van der Waals surface area contributed by atoms with Gasteiger partial charge in [-0.1, -0.05) is 0 Å². The van der Waals surface area contributed by atoms with Crippen molar-refractivity contribution in [2.24, 2.45) is 11.7 Å². The first-order chi connectivity index (χ1) is 9.10. The molecule has 2 heterocycles. The summed E-state index contributed by atoms with van der Waals surface area (Å²) in [5.74, 6) is 0.618. The number of nitrogens with zero attached hydrogens (tertiary/aromatic N) is 3. The fourth-order valence-corrected chi connectivity index (χ4v) is 3.06. The second kappa shape index (κ2) is 6.45. The Morgan fingerprint density at radius 1 is 1.58 bits per heavy atom. The molecule has 0 saturated carbocycles. The molecule has 1 aromatic heterocycles. The van der Waals surface area contributed by atoms with E-state index in [2.05, 4.69) is 16.9 Å². The van der Waals surface area contributed by atoms with Gasteiger partial charge in [0.25, 0.3) is 5.91 Å². The van der Waals surface area contributed by atoms with Gasteiger partial charge in [-0.25, -0.2) is 4.98 Å². The lowest BCUT2D eigenvalue weighted by atomic mass is 9.96. The van der Waals surface area contributed by atoms with Gasteiger partial charge in [-0.05, 0) is 38.9 Å². The predicted molar refractivity (Wildman–Crippen MR) is 77.2 cm³/mol. The van der Waals surface area contributed by atoms with Crippen LogP contribution in [0.4, 0.5) is 0 Å². The molecule has 0 spiro atoms. The summed E-state index contributed by atoms with van der Waals surface area (Å²) >= 11 is 1.45. The number of rotatable bonds is 4. The van der Waals surface area contributed by atoms with Gasteiger partial charge >= 0.3 is 0 Å². The van der Waals surface area contributed by atoms with E-state index in [1.54, 1.807) is 10.3 Å². The highest BCUT2D eigenvalue weighted by atomic mass is 32.1. The summed E-state index contributed by atoms with van der Waals surface area (Å²) in [7, 11) is 4.01. The molecule has 1 aromatic rings. The molecular formula is C13H22N4OS. The van der Waals surface area contributed by atoms with Crippen LogP contribution in [-0.4, -0.2) is 54.4 Å². The molecule has 1 saturated heterocycles. The van der Waals surface area contributed by atoms with Gasteiger partial charge < -0.3 is 15.5 Å². The highest BCUT2D eigenvalue weighted by molar-refractivity contribution is 7.09. The quantitative estimate of drug-likeness (QED) is 0.895. The van der Waals surface area contributed by atoms with Crippen LogP contribution in [0.5, 0.6) is 0 Å². The van der Waals surface area contributed by atoms with Crippen LogP contribution in [0.25, 0.3) is 0 Å². The van der Waals surface area contributed by atoms with Crippen LogP contribution >= 0.6 is 11.3 Å². The Bertz CT molecular complexity index is 426. The topological polar surface area (TPSA) is 62.5 Å². The van der Waals surface area contributed by atoms with Crippen molar-refractivity contribution < 1.29 is 4.79 Å². The first kappa shape index (κ1) is 14.4. The third-order valence-corrected chi connectivity index (χ3v) is 4.53. The van der Waals surface area contributed by atoms with Crippen LogP contribution in [0, 0.1) is 5.92 Å². The molecule has 0 bridgehead atoms. The molecule has 6 heteroatoms. The summed E-state index contributed by atoms with van der Waals surface area (Å²) in [5.41, 5.74) is 6.05. The second-order valence-corrected chi connectivity index (χ2v) is 6.21. The monoisotopic (exact) mass is 282 g/mol. The Hall–Kier alpha value is -0.980. The molecule has 0 aromatic carbocycles. The summed E-state index contributed by atoms with van der Waals surface area (Å²) in [6, 6.07) is 0. The summed E-state index contributed by atoms with van der Waals surface area (Å²) in [6.07, 6.45) is 2.33. The number of aromatic nitrogens is 1. The lowest BCUT2D eigenvalue weighted by molar-refractivity contribution is 0.0742. The van der Waals surface area contributed by atoms with Crippen molar-refractivity contribution in [2.75, 3.05) is 33.7 Å². The average molecular weight is 282 g/mol. The number of amides is 1. The fraction of sp³-hybridized carbons (Fsp3) is 0.692. The van der Waals surface area contributed by atoms with Gasteiger partial charge in [-0.15, -0.1) is 11.3 Å². The SMILES string of the molecule is CN1CCC(CN(C)C(=O)c2csc(CN)n2)CC1. The number of piperidine rings is 1. The lowest BCUT2D eigenvalue weighted by Gasteiger charge is -2.31. The molecule has 1 aliphatic rings. The third-order valence-electron chi connectivity index (χ3n) is 3.66. The molecule has 106 valence electrons. The van der Waals surface area contributed by atoms with Crippen LogP contribution < -0.4 is 5.73 Å². The van der Waals surface area contributed by atoms with Crippen molar-refractivity contribution in [1.82, 2.24) is 14.8 Å². The minimum atomic E-state index is 0.00915. The van der Waals surface area contributed by atoms with Crippen molar-refractivity contribution in [3.8, 4) is 0 Å². The number of carbonyl (C=O) groups excluding carboxylic acids is 1. The summed E-state index contributed by atoms with van der Waals surface area (Å²) in [6.45, 7) is 3.47.